The van der Waals surface area contributed by atoms with E-state index in [4.69, 9.17) is 15.8 Å². The molecule has 0 aromatic heterocycles. The lowest BCUT2D eigenvalue weighted by Gasteiger charge is -2.36. The molecule has 0 unspecified atom stereocenters. The smallest absolute Gasteiger partial charge is 0.339 e. The number of carbonyl (C=O) groups is 1. The lowest BCUT2D eigenvalue weighted by molar-refractivity contribution is -0.113. The molecule has 0 saturated carbocycles. The maximum atomic E-state index is 12.5. The Bertz CT molecular complexity index is 1430. The summed E-state index contributed by atoms with van der Waals surface area (Å²) in [4.78, 5) is 21.8. The quantitative estimate of drug-likeness (QED) is 0.337. The highest BCUT2D eigenvalue weighted by Crippen LogP contribution is 2.32. The summed E-state index contributed by atoms with van der Waals surface area (Å²) in [5.41, 5.74) is 1.83. The topological polar surface area (TPSA) is 79.3 Å². The predicted molar refractivity (Wildman–Crippen MR) is 144 cm³/mol. The number of hydrogen-bond donors (Lipinski definition) is 0. The molecule has 1 fully saturated rings. The third-order valence-electron chi connectivity index (χ3n) is 5.75. The molecule has 0 N–H and O–H groups in total. The van der Waals surface area contributed by atoms with Gasteiger partial charge in [0.2, 0.25) is 0 Å². The zero-order chi connectivity index (χ0) is 25.1. The van der Waals surface area contributed by atoms with Gasteiger partial charge >= 0.3 is 10.1 Å². The number of halogens is 1. The highest BCUT2D eigenvalue weighted by Gasteiger charge is 2.28. The largest absolute Gasteiger partial charge is 0.379 e. The van der Waals surface area contributed by atoms with Gasteiger partial charge in [0.1, 0.15) is 10.6 Å². The molecule has 7 nitrogen and oxygen atoms in total. The molecule has 0 spiro atoms. The lowest BCUT2D eigenvalue weighted by atomic mass is 10.2. The Morgan fingerprint density at radius 3 is 2.28 bits per heavy atom. The zero-order valence-corrected chi connectivity index (χ0v) is 21.5. The van der Waals surface area contributed by atoms with Crippen molar-refractivity contribution in [2.75, 3.05) is 31.1 Å². The second kappa shape index (κ2) is 10.4. The molecule has 1 amide bonds. The summed E-state index contributed by atoms with van der Waals surface area (Å²) < 4.78 is 30.0. The number of benzene rings is 3. The normalized spacial score (nSPS) is 17.4. The number of nitrogens with zero attached hydrogens (tertiary/aromatic N) is 3. The first-order valence-electron chi connectivity index (χ1n) is 11.2. The van der Waals surface area contributed by atoms with Crippen LogP contribution in [-0.4, -0.2) is 50.6 Å². The van der Waals surface area contributed by atoms with Crippen LogP contribution >= 0.6 is 23.4 Å². The van der Waals surface area contributed by atoms with Crippen molar-refractivity contribution >= 4 is 56.3 Å². The number of carbonyl (C=O) groups excluding carboxylic acids is 1. The van der Waals surface area contributed by atoms with Gasteiger partial charge in [-0.3, -0.25) is 4.79 Å². The minimum atomic E-state index is -3.91. The molecule has 2 aliphatic rings. The summed E-state index contributed by atoms with van der Waals surface area (Å²) in [6.45, 7) is 3.11. The lowest BCUT2D eigenvalue weighted by Crippen LogP contribution is -2.47. The van der Waals surface area contributed by atoms with Gasteiger partial charge in [-0.05, 0) is 65.9 Å². The highest BCUT2D eigenvalue weighted by atomic mass is 35.5. The molecule has 5 rings (SSSR count). The van der Waals surface area contributed by atoms with E-state index in [1.54, 1.807) is 48.5 Å². The van der Waals surface area contributed by atoms with Gasteiger partial charge in [0.15, 0.2) is 5.17 Å². The Balaban J connectivity index is 1.20. The summed E-state index contributed by atoms with van der Waals surface area (Å²) in [6.07, 6.45) is 1.75. The molecule has 2 heterocycles. The molecule has 1 saturated heterocycles. The third kappa shape index (κ3) is 5.59. The Labute approximate surface area is 219 Å². The molecule has 0 atom stereocenters. The Hall–Kier alpha value is -3.27. The predicted octanol–water partition coefficient (Wildman–Crippen LogP) is 4.90. The summed E-state index contributed by atoms with van der Waals surface area (Å²) in [5.74, 6) is -0.0832. The van der Waals surface area contributed by atoms with E-state index in [1.165, 1.54) is 23.9 Å². The van der Waals surface area contributed by atoms with Crippen molar-refractivity contribution in [1.82, 2.24) is 4.90 Å². The van der Waals surface area contributed by atoms with E-state index in [-0.39, 0.29) is 16.6 Å². The minimum Gasteiger partial charge on any atom is -0.379 e. The third-order valence-corrected chi connectivity index (χ3v) is 8.29. The van der Waals surface area contributed by atoms with Crippen LogP contribution in [-0.2, 0) is 14.9 Å². The Kier molecular flexibility index (Phi) is 7.04. The van der Waals surface area contributed by atoms with Crippen molar-refractivity contribution in [3.63, 3.8) is 0 Å². The van der Waals surface area contributed by atoms with E-state index in [0.29, 0.717) is 15.1 Å². The second-order valence-corrected chi connectivity index (χ2v) is 11.2. The fourth-order valence-corrected chi connectivity index (χ4v) is 6.00. The molecule has 0 radical (unpaired) electrons. The van der Waals surface area contributed by atoms with E-state index in [0.717, 1.165) is 37.4 Å². The summed E-state index contributed by atoms with van der Waals surface area (Å²) in [7, 11) is -3.91. The Morgan fingerprint density at radius 2 is 1.58 bits per heavy atom. The van der Waals surface area contributed by atoms with E-state index < -0.39 is 10.1 Å². The number of thioether (sulfide) groups is 1. The van der Waals surface area contributed by atoms with Crippen LogP contribution in [0.2, 0.25) is 5.02 Å². The molecular formula is C26H22ClN3O4S2. The second-order valence-electron chi connectivity index (χ2n) is 8.18. The summed E-state index contributed by atoms with van der Waals surface area (Å²) in [5, 5.41) is 1.41. The van der Waals surface area contributed by atoms with Crippen molar-refractivity contribution in [1.29, 1.82) is 0 Å². The van der Waals surface area contributed by atoms with Gasteiger partial charge in [-0.2, -0.15) is 13.4 Å². The minimum absolute atomic E-state index is 0.0854. The number of anilines is 1. The molecule has 0 bridgehead atoms. The highest BCUT2D eigenvalue weighted by molar-refractivity contribution is 8.18. The molecule has 0 aliphatic carbocycles. The fraction of sp³-hybridized carbons (Fsp3) is 0.154. The maximum Gasteiger partial charge on any atom is 0.339 e. The number of amides is 1. The van der Waals surface area contributed by atoms with Crippen LogP contribution in [0.3, 0.4) is 0 Å². The van der Waals surface area contributed by atoms with Crippen molar-refractivity contribution in [2.24, 2.45) is 4.99 Å². The van der Waals surface area contributed by atoms with Gasteiger partial charge in [0.05, 0.1) is 4.91 Å². The average Bonchev–Trinajstić information content (AvgIpc) is 3.25. The average molecular weight is 540 g/mol. The van der Waals surface area contributed by atoms with Gasteiger partial charge in [0.25, 0.3) is 5.91 Å². The summed E-state index contributed by atoms with van der Waals surface area (Å²) >= 11 is 7.47. The van der Waals surface area contributed by atoms with Crippen LogP contribution in [0.4, 0.5) is 5.69 Å². The molecular weight excluding hydrogens is 518 g/mol. The molecule has 184 valence electrons. The molecule has 10 heteroatoms. The maximum absolute atomic E-state index is 12.5. The number of amidine groups is 1. The van der Waals surface area contributed by atoms with Crippen LogP contribution in [0.1, 0.15) is 5.56 Å². The summed E-state index contributed by atoms with van der Waals surface area (Å²) in [6, 6.07) is 22.3. The number of aliphatic imine (C=N–C) groups is 1. The van der Waals surface area contributed by atoms with Gasteiger partial charge in [-0.1, -0.05) is 48.0 Å². The number of piperazine rings is 1. The van der Waals surface area contributed by atoms with Gasteiger partial charge in [-0.15, -0.1) is 0 Å². The first-order chi connectivity index (χ1) is 17.4. The van der Waals surface area contributed by atoms with E-state index in [1.807, 2.05) is 24.3 Å². The molecule has 3 aromatic rings. The van der Waals surface area contributed by atoms with Crippen LogP contribution in [0.15, 0.2) is 93.7 Å². The standard InChI is InChI=1S/C26H22ClN3O4S2/c27-20-5-4-6-21(18-20)29-13-15-30(16-14-29)26-28-25(31)24(35-26)17-19-9-11-22(12-10-19)34-36(32,33)23-7-2-1-3-8-23/h1-12,17-18H,13-16H2. The molecule has 2 aliphatic heterocycles. The van der Waals surface area contributed by atoms with Crippen molar-refractivity contribution < 1.29 is 17.4 Å². The SMILES string of the molecule is O=C1N=C(N2CCN(c3cccc(Cl)c3)CC2)SC1=Cc1ccc(OS(=O)(=O)c2ccccc2)cc1. The monoisotopic (exact) mass is 539 g/mol. The fourth-order valence-electron chi connectivity index (χ4n) is 3.89. The van der Waals surface area contributed by atoms with Gasteiger partial charge in [-0.25, -0.2) is 0 Å². The number of rotatable bonds is 5. The molecule has 3 aromatic carbocycles. The van der Waals surface area contributed by atoms with Crippen molar-refractivity contribution in [3.8, 4) is 5.75 Å². The van der Waals surface area contributed by atoms with E-state index in [2.05, 4.69) is 14.8 Å². The van der Waals surface area contributed by atoms with Crippen LogP contribution in [0.25, 0.3) is 6.08 Å². The van der Waals surface area contributed by atoms with Gasteiger partial charge < -0.3 is 14.0 Å². The van der Waals surface area contributed by atoms with Crippen LogP contribution < -0.4 is 9.08 Å². The number of hydrogen-bond acceptors (Lipinski definition) is 7. The Morgan fingerprint density at radius 1 is 0.889 bits per heavy atom. The van der Waals surface area contributed by atoms with Crippen LogP contribution in [0.5, 0.6) is 5.75 Å². The van der Waals surface area contributed by atoms with Crippen molar-refractivity contribution in [2.45, 2.75) is 4.90 Å². The zero-order valence-electron chi connectivity index (χ0n) is 19.1. The molecule has 36 heavy (non-hydrogen) atoms. The first kappa shape index (κ1) is 24.4. The van der Waals surface area contributed by atoms with Gasteiger partial charge in [0, 0.05) is 36.9 Å². The van der Waals surface area contributed by atoms with E-state index >= 15 is 0 Å². The van der Waals surface area contributed by atoms with Crippen molar-refractivity contribution in [3.05, 3.63) is 94.4 Å². The van der Waals surface area contributed by atoms with E-state index in [9.17, 15) is 13.2 Å². The van der Waals surface area contributed by atoms with Crippen LogP contribution in [0, 0.1) is 0 Å². The first-order valence-corrected chi connectivity index (χ1v) is 13.9.